The standard InChI is InChI=1S/C13H14FN3/c1-2-17-11-8-10(14)4-3-9(11)7-12(17)13-15-5-6-16-13/h3-6,8,12H,2,7H2,1H3,(H,15,16). The number of halogens is 1. The number of aromatic nitrogens is 2. The molecule has 0 bridgehead atoms. The minimum atomic E-state index is -0.178. The number of fused-ring (bicyclic) bond motifs is 1. The quantitative estimate of drug-likeness (QED) is 0.861. The second kappa shape index (κ2) is 3.87. The maximum absolute atomic E-state index is 13.3. The number of rotatable bonds is 2. The van der Waals surface area contributed by atoms with Gasteiger partial charge in [0.2, 0.25) is 0 Å². The molecule has 1 aliphatic heterocycles. The van der Waals surface area contributed by atoms with E-state index >= 15 is 0 Å². The van der Waals surface area contributed by atoms with Crippen LogP contribution in [0.2, 0.25) is 0 Å². The van der Waals surface area contributed by atoms with Crippen LogP contribution in [0.5, 0.6) is 0 Å². The van der Waals surface area contributed by atoms with Crippen molar-refractivity contribution in [1.82, 2.24) is 9.97 Å². The maximum atomic E-state index is 13.3. The molecule has 1 atom stereocenters. The molecule has 0 saturated carbocycles. The largest absolute Gasteiger partial charge is 0.361 e. The Morgan fingerprint density at radius 1 is 1.53 bits per heavy atom. The van der Waals surface area contributed by atoms with Crippen LogP contribution in [0, 0.1) is 5.82 Å². The van der Waals surface area contributed by atoms with Gasteiger partial charge in [0.05, 0.1) is 6.04 Å². The molecule has 0 radical (unpaired) electrons. The van der Waals surface area contributed by atoms with Crippen molar-refractivity contribution < 1.29 is 4.39 Å². The van der Waals surface area contributed by atoms with Gasteiger partial charge in [-0.05, 0) is 24.6 Å². The van der Waals surface area contributed by atoms with Gasteiger partial charge in [0.15, 0.2) is 0 Å². The molecule has 1 N–H and O–H groups in total. The molecule has 17 heavy (non-hydrogen) atoms. The lowest BCUT2D eigenvalue weighted by Gasteiger charge is -2.24. The molecule has 1 aromatic carbocycles. The van der Waals surface area contributed by atoms with Crippen molar-refractivity contribution in [3.05, 3.63) is 47.8 Å². The second-order valence-corrected chi connectivity index (χ2v) is 4.25. The molecule has 0 fully saturated rings. The number of nitrogens with one attached hydrogen (secondary N) is 1. The SMILES string of the molecule is CCN1c2cc(F)ccc2CC1c1ncc[nH]1. The molecule has 0 aliphatic carbocycles. The van der Waals surface area contributed by atoms with Crippen LogP contribution in [0.15, 0.2) is 30.6 Å². The van der Waals surface area contributed by atoms with Gasteiger partial charge in [0, 0.05) is 31.0 Å². The van der Waals surface area contributed by atoms with Crippen LogP contribution in [0.25, 0.3) is 0 Å². The average molecular weight is 231 g/mol. The Balaban J connectivity index is 2.02. The molecule has 88 valence electrons. The van der Waals surface area contributed by atoms with Crippen LogP contribution >= 0.6 is 0 Å². The second-order valence-electron chi connectivity index (χ2n) is 4.25. The first kappa shape index (κ1) is 10.3. The zero-order chi connectivity index (χ0) is 11.8. The van der Waals surface area contributed by atoms with E-state index in [0.717, 1.165) is 24.5 Å². The molecule has 0 spiro atoms. The summed E-state index contributed by atoms with van der Waals surface area (Å²) in [4.78, 5) is 9.65. The lowest BCUT2D eigenvalue weighted by Crippen LogP contribution is -2.25. The van der Waals surface area contributed by atoms with Crippen molar-refractivity contribution in [2.24, 2.45) is 0 Å². The Morgan fingerprint density at radius 3 is 3.12 bits per heavy atom. The fraction of sp³-hybridized carbons (Fsp3) is 0.308. The van der Waals surface area contributed by atoms with Crippen LogP contribution in [0.4, 0.5) is 10.1 Å². The van der Waals surface area contributed by atoms with Crippen LogP contribution < -0.4 is 4.90 Å². The number of nitrogens with zero attached hydrogens (tertiary/aromatic N) is 2. The lowest BCUT2D eigenvalue weighted by molar-refractivity contribution is 0.624. The molecule has 3 rings (SSSR count). The zero-order valence-corrected chi connectivity index (χ0v) is 9.65. The number of benzene rings is 1. The summed E-state index contributed by atoms with van der Waals surface area (Å²) in [5.74, 6) is 0.769. The van der Waals surface area contributed by atoms with Crippen LogP contribution in [-0.2, 0) is 6.42 Å². The van der Waals surface area contributed by atoms with Crippen LogP contribution in [0.3, 0.4) is 0 Å². The third-order valence-electron chi connectivity index (χ3n) is 3.32. The Morgan fingerprint density at radius 2 is 2.41 bits per heavy atom. The maximum Gasteiger partial charge on any atom is 0.129 e. The Hall–Kier alpha value is -1.84. The monoisotopic (exact) mass is 231 g/mol. The summed E-state index contributed by atoms with van der Waals surface area (Å²) < 4.78 is 13.3. The summed E-state index contributed by atoms with van der Waals surface area (Å²) in [6.45, 7) is 2.93. The van der Waals surface area contributed by atoms with Crippen LogP contribution in [-0.4, -0.2) is 16.5 Å². The highest BCUT2D eigenvalue weighted by Gasteiger charge is 2.31. The van der Waals surface area contributed by atoms with Crippen LogP contribution in [0.1, 0.15) is 24.4 Å². The van der Waals surface area contributed by atoms with Gasteiger partial charge < -0.3 is 9.88 Å². The topological polar surface area (TPSA) is 31.9 Å². The molecule has 0 amide bonds. The molecule has 1 aromatic heterocycles. The molecular weight excluding hydrogens is 217 g/mol. The van der Waals surface area contributed by atoms with E-state index in [0.29, 0.717) is 0 Å². The number of H-pyrrole nitrogens is 1. The summed E-state index contributed by atoms with van der Waals surface area (Å²) in [6, 6.07) is 5.21. The number of anilines is 1. The van der Waals surface area contributed by atoms with E-state index in [-0.39, 0.29) is 11.9 Å². The number of hydrogen-bond donors (Lipinski definition) is 1. The number of aromatic amines is 1. The highest BCUT2D eigenvalue weighted by Crippen LogP contribution is 2.39. The van der Waals surface area contributed by atoms with Gasteiger partial charge in [0.1, 0.15) is 11.6 Å². The van der Waals surface area contributed by atoms with Crippen molar-refractivity contribution in [2.75, 3.05) is 11.4 Å². The van der Waals surface area contributed by atoms with Gasteiger partial charge in [-0.15, -0.1) is 0 Å². The van der Waals surface area contributed by atoms with E-state index in [4.69, 9.17) is 0 Å². The Bertz CT molecular complexity index is 521. The fourth-order valence-corrected chi connectivity index (χ4v) is 2.56. The van der Waals surface area contributed by atoms with Crippen molar-refractivity contribution in [2.45, 2.75) is 19.4 Å². The molecule has 1 unspecified atom stereocenters. The number of likely N-dealkylation sites (N-methyl/N-ethyl adjacent to an activating group) is 1. The van der Waals surface area contributed by atoms with Gasteiger partial charge in [0.25, 0.3) is 0 Å². The zero-order valence-electron chi connectivity index (χ0n) is 9.65. The lowest BCUT2D eigenvalue weighted by atomic mass is 10.1. The molecule has 3 nitrogen and oxygen atoms in total. The minimum absolute atomic E-state index is 0.178. The van der Waals surface area contributed by atoms with E-state index in [9.17, 15) is 4.39 Å². The summed E-state index contributed by atoms with van der Waals surface area (Å²) in [5, 5.41) is 0. The predicted octanol–water partition coefficient (Wildman–Crippen LogP) is 2.67. The number of imidazole rings is 1. The Kier molecular flexibility index (Phi) is 2.35. The average Bonchev–Trinajstić information content (AvgIpc) is 2.94. The van der Waals surface area contributed by atoms with Gasteiger partial charge in [-0.3, -0.25) is 0 Å². The van der Waals surface area contributed by atoms with E-state index in [1.54, 1.807) is 12.3 Å². The summed E-state index contributed by atoms with van der Waals surface area (Å²) in [7, 11) is 0. The normalized spacial score (nSPS) is 18.5. The molecule has 1 aliphatic rings. The smallest absolute Gasteiger partial charge is 0.129 e. The summed E-state index contributed by atoms with van der Waals surface area (Å²) >= 11 is 0. The summed E-state index contributed by atoms with van der Waals surface area (Å²) in [5.41, 5.74) is 2.18. The first-order valence-corrected chi connectivity index (χ1v) is 5.84. The van der Waals surface area contributed by atoms with Crippen molar-refractivity contribution in [3.8, 4) is 0 Å². The van der Waals surface area contributed by atoms with E-state index < -0.39 is 0 Å². The third-order valence-corrected chi connectivity index (χ3v) is 3.32. The highest BCUT2D eigenvalue weighted by molar-refractivity contribution is 5.60. The van der Waals surface area contributed by atoms with Gasteiger partial charge in [-0.25, -0.2) is 9.37 Å². The predicted molar refractivity (Wildman–Crippen MR) is 64.5 cm³/mol. The molecule has 2 aromatic rings. The van der Waals surface area contributed by atoms with Crippen molar-refractivity contribution in [1.29, 1.82) is 0 Å². The first-order valence-electron chi connectivity index (χ1n) is 5.84. The fourth-order valence-electron chi connectivity index (χ4n) is 2.56. The molecular formula is C13H14FN3. The van der Waals surface area contributed by atoms with Crippen molar-refractivity contribution in [3.63, 3.8) is 0 Å². The Labute approximate surface area is 99.3 Å². The third kappa shape index (κ3) is 1.60. The van der Waals surface area contributed by atoms with E-state index in [1.807, 2.05) is 12.3 Å². The molecule has 2 heterocycles. The minimum Gasteiger partial charge on any atom is -0.361 e. The van der Waals surface area contributed by atoms with E-state index in [2.05, 4.69) is 21.8 Å². The highest BCUT2D eigenvalue weighted by atomic mass is 19.1. The molecule has 4 heteroatoms. The van der Waals surface area contributed by atoms with Crippen molar-refractivity contribution >= 4 is 5.69 Å². The number of hydrogen-bond acceptors (Lipinski definition) is 2. The summed E-state index contributed by atoms with van der Waals surface area (Å²) in [6.07, 6.45) is 4.47. The molecule has 0 saturated heterocycles. The van der Waals surface area contributed by atoms with Gasteiger partial charge >= 0.3 is 0 Å². The first-order chi connectivity index (χ1) is 8.29. The van der Waals surface area contributed by atoms with Gasteiger partial charge in [-0.1, -0.05) is 6.07 Å². The van der Waals surface area contributed by atoms with E-state index in [1.165, 1.54) is 11.6 Å². The van der Waals surface area contributed by atoms with Gasteiger partial charge in [-0.2, -0.15) is 0 Å².